The minimum Gasteiger partial charge on any atom is -0.744 e. The summed E-state index contributed by atoms with van der Waals surface area (Å²) in [5, 5.41) is 0. The third kappa shape index (κ3) is 15.2. The van der Waals surface area contributed by atoms with Crippen LogP contribution in [0.2, 0.25) is 0 Å². The molecule has 1 fully saturated rings. The molecular formula is C31H52F5NO3S. The van der Waals surface area contributed by atoms with Crippen molar-refractivity contribution in [2.45, 2.75) is 140 Å². The van der Waals surface area contributed by atoms with Gasteiger partial charge in [0.25, 0.3) is 0 Å². The number of likely N-dealkylation sites (tertiary alicyclic amines) is 1. The highest BCUT2D eigenvalue weighted by Crippen LogP contribution is 2.26. The van der Waals surface area contributed by atoms with E-state index < -0.39 is 44.1 Å². The first-order valence-electron chi connectivity index (χ1n) is 15.8. The number of nitrogens with zero attached hydrogens (tertiary/aromatic N) is 1. The fraction of sp³-hybridized carbons (Fsp3) is 0.806. The van der Waals surface area contributed by atoms with Crippen LogP contribution in [0.1, 0.15) is 135 Å². The maximum absolute atomic E-state index is 12.6. The van der Waals surface area contributed by atoms with Crippen molar-refractivity contribution >= 4 is 10.1 Å². The lowest BCUT2D eigenvalue weighted by Crippen LogP contribution is -2.41. The third-order valence-electron chi connectivity index (χ3n) is 8.12. The number of hydrogen-bond donors (Lipinski definition) is 0. The quantitative estimate of drug-likeness (QED) is 0.0368. The fourth-order valence-electron chi connectivity index (χ4n) is 5.52. The van der Waals surface area contributed by atoms with Crippen molar-refractivity contribution in [2.75, 3.05) is 26.7 Å². The Hall–Kier alpha value is -1.26. The molecule has 0 aromatic heterocycles. The topological polar surface area (TPSA) is 57.2 Å². The predicted molar refractivity (Wildman–Crippen MR) is 153 cm³/mol. The van der Waals surface area contributed by atoms with Crippen molar-refractivity contribution in [3.8, 4) is 0 Å². The molecule has 0 unspecified atom stereocenters. The number of quaternary nitrogens is 1. The van der Waals surface area contributed by atoms with Gasteiger partial charge in [-0.1, -0.05) is 110 Å². The lowest BCUT2D eigenvalue weighted by Gasteiger charge is -2.29. The van der Waals surface area contributed by atoms with Crippen molar-refractivity contribution in [3.63, 3.8) is 0 Å². The molecule has 0 bridgehead atoms. The first-order chi connectivity index (χ1) is 19.4. The number of unbranched alkanes of at least 4 members (excludes halogenated alkanes) is 17. The minimum atomic E-state index is -5.77. The van der Waals surface area contributed by atoms with E-state index in [0.717, 1.165) is 0 Å². The summed E-state index contributed by atoms with van der Waals surface area (Å²) >= 11 is 0. The van der Waals surface area contributed by atoms with Crippen LogP contribution in [0, 0.1) is 29.1 Å². The van der Waals surface area contributed by atoms with Crippen LogP contribution in [-0.2, 0) is 10.1 Å². The maximum Gasteiger partial charge on any atom is 0.200 e. The Morgan fingerprint density at radius 3 is 1.17 bits per heavy atom. The number of halogens is 5. The van der Waals surface area contributed by atoms with Gasteiger partial charge in [0.2, 0.25) is 5.82 Å². The average molecular weight is 614 g/mol. The summed E-state index contributed by atoms with van der Waals surface area (Å²) in [4.78, 5) is -2.38. The van der Waals surface area contributed by atoms with E-state index in [1.54, 1.807) is 0 Å². The summed E-state index contributed by atoms with van der Waals surface area (Å²) in [6.45, 7) is 6.63. The first kappa shape index (κ1) is 37.8. The number of rotatable bonds is 20. The fourth-order valence-corrected chi connectivity index (χ4v) is 6.14. The van der Waals surface area contributed by atoms with Crippen LogP contribution < -0.4 is 0 Å². The minimum absolute atomic E-state index is 1.37. The molecule has 1 aromatic carbocycles. The van der Waals surface area contributed by atoms with Gasteiger partial charge in [-0.25, -0.2) is 30.4 Å². The lowest BCUT2D eigenvalue weighted by molar-refractivity contribution is -0.897. The van der Waals surface area contributed by atoms with E-state index in [2.05, 4.69) is 14.0 Å². The Labute approximate surface area is 245 Å². The summed E-state index contributed by atoms with van der Waals surface area (Å²) in [5.41, 5.74) is 0. The smallest absolute Gasteiger partial charge is 0.200 e. The number of benzene rings is 1. The van der Waals surface area contributed by atoms with Gasteiger partial charge in [0.05, 0.1) is 26.7 Å². The summed E-state index contributed by atoms with van der Waals surface area (Å²) in [7, 11) is -3.30. The van der Waals surface area contributed by atoms with Crippen molar-refractivity contribution in [3.05, 3.63) is 29.1 Å². The van der Waals surface area contributed by atoms with Gasteiger partial charge in [0.15, 0.2) is 23.3 Å². The molecule has 0 atom stereocenters. The van der Waals surface area contributed by atoms with Crippen LogP contribution >= 0.6 is 0 Å². The zero-order valence-corrected chi connectivity index (χ0v) is 26.0. The van der Waals surface area contributed by atoms with Gasteiger partial charge < -0.3 is 9.04 Å². The van der Waals surface area contributed by atoms with Crippen LogP contribution in [0.3, 0.4) is 0 Å². The Kier molecular flexibility index (Phi) is 19.0. The van der Waals surface area contributed by atoms with Gasteiger partial charge in [-0.15, -0.1) is 0 Å². The molecule has 0 N–H and O–H groups in total. The van der Waals surface area contributed by atoms with Gasteiger partial charge in [-0.3, -0.25) is 0 Å². The molecule has 0 saturated carbocycles. The van der Waals surface area contributed by atoms with Gasteiger partial charge in [0.1, 0.15) is 15.0 Å². The molecule has 1 aliphatic heterocycles. The van der Waals surface area contributed by atoms with Crippen molar-refractivity contribution < 1.29 is 39.4 Å². The molecule has 1 heterocycles. The van der Waals surface area contributed by atoms with Crippen molar-refractivity contribution in [1.29, 1.82) is 0 Å². The molecular weight excluding hydrogens is 561 g/mol. The van der Waals surface area contributed by atoms with E-state index in [-0.39, 0.29) is 0 Å². The van der Waals surface area contributed by atoms with Crippen molar-refractivity contribution in [2.24, 2.45) is 0 Å². The normalized spacial score (nSPS) is 14.7. The van der Waals surface area contributed by atoms with Gasteiger partial charge >= 0.3 is 0 Å². The largest absolute Gasteiger partial charge is 0.744 e. The molecule has 0 aliphatic carbocycles. The SMILES string of the molecule is CCCCCCCCCCCCCCCCCCCC[N+]1(C)CCCC1.O=S(=O)([O-])c1c(F)c(F)c(F)c(F)c1F. The lowest BCUT2D eigenvalue weighted by atomic mass is 10.0. The van der Waals surface area contributed by atoms with Crippen molar-refractivity contribution in [1.82, 2.24) is 0 Å². The predicted octanol–water partition coefficient (Wildman–Crippen LogP) is 9.55. The Balaban J connectivity index is 0.000000474. The third-order valence-corrected chi connectivity index (χ3v) is 8.98. The second kappa shape index (κ2) is 20.6. The van der Waals surface area contributed by atoms with Gasteiger partial charge in [-0.05, 0) is 12.8 Å². The van der Waals surface area contributed by atoms with E-state index in [9.17, 15) is 34.9 Å². The average Bonchev–Trinajstić information content (AvgIpc) is 3.36. The summed E-state index contributed by atoms with van der Waals surface area (Å²) in [6, 6.07) is 0. The maximum atomic E-state index is 12.6. The molecule has 240 valence electrons. The Morgan fingerprint density at radius 1 is 0.561 bits per heavy atom. The highest BCUT2D eigenvalue weighted by Gasteiger charge is 2.29. The highest BCUT2D eigenvalue weighted by atomic mass is 32.2. The molecule has 10 heteroatoms. The molecule has 4 nitrogen and oxygen atoms in total. The molecule has 0 spiro atoms. The second-order valence-electron chi connectivity index (χ2n) is 11.9. The van der Waals surface area contributed by atoms with Crippen LogP contribution in [-0.4, -0.2) is 44.1 Å². The second-order valence-corrected chi connectivity index (χ2v) is 13.2. The van der Waals surface area contributed by atoms with Gasteiger partial charge in [0, 0.05) is 12.8 Å². The van der Waals surface area contributed by atoms with Crippen LogP contribution in [0.15, 0.2) is 4.90 Å². The number of hydrogen-bond acceptors (Lipinski definition) is 3. The van der Waals surface area contributed by atoms with E-state index in [0.29, 0.717) is 0 Å². The summed E-state index contributed by atoms with van der Waals surface area (Å²) < 4.78 is 94.3. The van der Waals surface area contributed by atoms with Gasteiger partial charge in [-0.2, -0.15) is 0 Å². The van der Waals surface area contributed by atoms with Crippen LogP contribution in [0.25, 0.3) is 0 Å². The standard InChI is InChI=1S/C25H52N.C6HF5O3S/c1-3-4-5-6-7-8-9-10-11-12-13-14-15-16-17-18-19-20-23-26(2)24-21-22-25-26;7-1-2(8)4(10)6(15(12,13)14)5(11)3(1)9/h3-25H2,1-2H3;(H,12,13,14)/q+1;/p-1. The van der Waals surface area contributed by atoms with E-state index >= 15 is 0 Å². The van der Waals surface area contributed by atoms with Crippen LogP contribution in [0.5, 0.6) is 0 Å². The van der Waals surface area contributed by atoms with E-state index in [4.69, 9.17) is 0 Å². The van der Waals surface area contributed by atoms with E-state index in [1.165, 1.54) is 153 Å². The Bertz CT molecular complexity index is 940. The molecule has 2 rings (SSSR count). The summed E-state index contributed by atoms with van der Waals surface area (Å²) in [5.74, 6) is -12.8. The summed E-state index contributed by atoms with van der Waals surface area (Å²) in [6.07, 6.45) is 29.5. The zero-order chi connectivity index (χ0) is 30.7. The molecule has 0 amide bonds. The molecule has 0 radical (unpaired) electrons. The molecule has 1 aliphatic rings. The molecule has 41 heavy (non-hydrogen) atoms. The monoisotopic (exact) mass is 613 g/mol. The molecule has 1 saturated heterocycles. The Morgan fingerprint density at radius 2 is 0.854 bits per heavy atom. The molecule has 1 aromatic rings. The first-order valence-corrected chi connectivity index (χ1v) is 17.2. The van der Waals surface area contributed by atoms with Crippen LogP contribution in [0.4, 0.5) is 22.0 Å². The highest BCUT2D eigenvalue weighted by molar-refractivity contribution is 7.85. The zero-order valence-electron chi connectivity index (χ0n) is 25.2. The van der Waals surface area contributed by atoms with E-state index in [1.807, 2.05) is 0 Å².